The van der Waals surface area contributed by atoms with Crippen LogP contribution in [0.3, 0.4) is 0 Å². The summed E-state index contributed by atoms with van der Waals surface area (Å²) in [4.78, 5) is 16.7. The molecule has 6 heteroatoms. The van der Waals surface area contributed by atoms with Gasteiger partial charge < -0.3 is 16.0 Å². The first kappa shape index (κ1) is 15.1. The molecule has 0 saturated heterocycles. The molecule has 0 radical (unpaired) electrons. The van der Waals surface area contributed by atoms with Gasteiger partial charge in [-0.25, -0.2) is 15.0 Å². The van der Waals surface area contributed by atoms with Gasteiger partial charge in [0.05, 0.1) is 17.6 Å². The Bertz CT molecular complexity index is 839. The summed E-state index contributed by atoms with van der Waals surface area (Å²) >= 11 is 0. The van der Waals surface area contributed by atoms with Crippen molar-refractivity contribution in [2.24, 2.45) is 5.73 Å². The summed E-state index contributed by atoms with van der Waals surface area (Å²) in [5, 5.41) is 3.33. The molecule has 0 spiro atoms. The molecule has 24 heavy (non-hydrogen) atoms. The standard InChI is InChI=1S/C18H22N6/c1-10-3-15-16(4-11(10)2)24-18(23-15)8-20-17-7-14(21-9-22-17)12-5-13(19)6-12/h3-4,7,9,12-13H,5-6,8,19H2,1-2H3,(H,23,24)(H,20,21,22). The van der Waals surface area contributed by atoms with Crippen LogP contribution >= 0.6 is 0 Å². The molecule has 0 amide bonds. The zero-order chi connectivity index (χ0) is 16.7. The number of nitrogens with zero attached hydrogens (tertiary/aromatic N) is 3. The van der Waals surface area contributed by atoms with Gasteiger partial charge in [0.2, 0.25) is 0 Å². The van der Waals surface area contributed by atoms with Gasteiger partial charge in [-0.3, -0.25) is 0 Å². The second kappa shape index (κ2) is 5.87. The van der Waals surface area contributed by atoms with Gasteiger partial charge in [0, 0.05) is 23.7 Å². The Morgan fingerprint density at radius 1 is 1.17 bits per heavy atom. The first-order valence-electron chi connectivity index (χ1n) is 8.35. The lowest BCUT2D eigenvalue weighted by Crippen LogP contribution is -2.35. The number of H-pyrrole nitrogens is 1. The highest BCUT2D eigenvalue weighted by Gasteiger charge is 2.28. The minimum Gasteiger partial charge on any atom is -0.363 e. The molecule has 4 N–H and O–H groups in total. The number of hydrogen-bond donors (Lipinski definition) is 3. The molecule has 2 heterocycles. The summed E-state index contributed by atoms with van der Waals surface area (Å²) in [5.41, 5.74) is 11.5. The van der Waals surface area contributed by atoms with E-state index in [2.05, 4.69) is 51.2 Å². The zero-order valence-electron chi connectivity index (χ0n) is 14.0. The van der Waals surface area contributed by atoms with Crippen molar-refractivity contribution in [3.8, 4) is 0 Å². The first-order chi connectivity index (χ1) is 11.6. The Morgan fingerprint density at radius 2 is 1.96 bits per heavy atom. The van der Waals surface area contributed by atoms with Crippen molar-refractivity contribution in [3.63, 3.8) is 0 Å². The number of aryl methyl sites for hydroxylation is 2. The van der Waals surface area contributed by atoms with E-state index in [0.717, 1.165) is 41.2 Å². The summed E-state index contributed by atoms with van der Waals surface area (Å²) < 4.78 is 0. The molecule has 124 valence electrons. The lowest BCUT2D eigenvalue weighted by atomic mass is 9.79. The Morgan fingerprint density at radius 3 is 2.75 bits per heavy atom. The van der Waals surface area contributed by atoms with Crippen molar-refractivity contribution in [1.29, 1.82) is 0 Å². The zero-order valence-corrected chi connectivity index (χ0v) is 14.0. The molecule has 1 aliphatic carbocycles. The highest BCUT2D eigenvalue weighted by molar-refractivity contribution is 5.77. The molecule has 1 aromatic carbocycles. The van der Waals surface area contributed by atoms with E-state index in [1.54, 1.807) is 6.33 Å². The van der Waals surface area contributed by atoms with E-state index in [9.17, 15) is 0 Å². The summed E-state index contributed by atoms with van der Waals surface area (Å²) in [6, 6.07) is 6.61. The first-order valence-corrected chi connectivity index (χ1v) is 8.35. The third-order valence-corrected chi connectivity index (χ3v) is 4.86. The Balaban J connectivity index is 1.47. The van der Waals surface area contributed by atoms with E-state index >= 15 is 0 Å². The van der Waals surface area contributed by atoms with E-state index in [0.29, 0.717) is 18.5 Å². The number of aromatic nitrogens is 4. The maximum absolute atomic E-state index is 5.87. The van der Waals surface area contributed by atoms with Crippen molar-refractivity contribution in [2.75, 3.05) is 5.32 Å². The minimum atomic E-state index is 0.323. The van der Waals surface area contributed by atoms with Crippen LogP contribution in [0, 0.1) is 13.8 Å². The molecule has 1 saturated carbocycles. The average molecular weight is 322 g/mol. The fourth-order valence-electron chi connectivity index (χ4n) is 3.18. The number of nitrogens with one attached hydrogen (secondary N) is 2. The van der Waals surface area contributed by atoms with Gasteiger partial charge in [0.1, 0.15) is 18.0 Å². The number of hydrogen-bond acceptors (Lipinski definition) is 5. The second-order valence-corrected chi connectivity index (χ2v) is 6.75. The lowest BCUT2D eigenvalue weighted by Gasteiger charge is -2.31. The van der Waals surface area contributed by atoms with E-state index in [4.69, 9.17) is 5.73 Å². The Kier molecular flexibility index (Phi) is 3.69. The molecule has 3 aromatic rings. The highest BCUT2D eigenvalue weighted by atomic mass is 15.0. The van der Waals surface area contributed by atoms with Gasteiger partial charge in [-0.1, -0.05) is 0 Å². The molecule has 0 atom stereocenters. The minimum absolute atomic E-state index is 0.323. The fourth-order valence-corrected chi connectivity index (χ4v) is 3.18. The van der Waals surface area contributed by atoms with Crippen LogP contribution in [0.25, 0.3) is 11.0 Å². The van der Waals surface area contributed by atoms with Crippen molar-refractivity contribution < 1.29 is 0 Å². The van der Waals surface area contributed by atoms with Crippen molar-refractivity contribution in [1.82, 2.24) is 19.9 Å². The molecule has 0 bridgehead atoms. The van der Waals surface area contributed by atoms with E-state index < -0.39 is 0 Å². The SMILES string of the molecule is Cc1cc2nc(CNc3cc(C4CC(N)C4)ncn3)[nH]c2cc1C. The molecule has 0 aliphatic heterocycles. The number of aromatic amines is 1. The quantitative estimate of drug-likeness (QED) is 0.687. The number of fused-ring (bicyclic) bond motifs is 1. The molecular weight excluding hydrogens is 300 g/mol. The van der Waals surface area contributed by atoms with Crippen molar-refractivity contribution in [3.05, 3.63) is 47.2 Å². The van der Waals surface area contributed by atoms with Crippen LogP contribution in [0.2, 0.25) is 0 Å². The van der Waals surface area contributed by atoms with Gasteiger partial charge in [-0.15, -0.1) is 0 Å². The number of nitrogens with two attached hydrogens (primary N) is 1. The fraction of sp³-hybridized carbons (Fsp3) is 0.389. The number of anilines is 1. The van der Waals surface area contributed by atoms with Crippen LogP contribution in [-0.4, -0.2) is 26.0 Å². The summed E-state index contributed by atoms with van der Waals surface area (Å²) in [6.07, 6.45) is 3.64. The lowest BCUT2D eigenvalue weighted by molar-refractivity contribution is 0.345. The van der Waals surface area contributed by atoms with Gasteiger partial charge in [-0.05, 0) is 49.9 Å². The Hall–Kier alpha value is -2.47. The van der Waals surface area contributed by atoms with E-state index in [-0.39, 0.29) is 0 Å². The smallest absolute Gasteiger partial charge is 0.129 e. The van der Waals surface area contributed by atoms with E-state index in [1.165, 1.54) is 11.1 Å². The van der Waals surface area contributed by atoms with Gasteiger partial charge in [-0.2, -0.15) is 0 Å². The summed E-state index contributed by atoms with van der Waals surface area (Å²) in [6.45, 7) is 4.83. The van der Waals surface area contributed by atoms with E-state index in [1.807, 2.05) is 6.07 Å². The van der Waals surface area contributed by atoms with Crippen LogP contribution in [0.5, 0.6) is 0 Å². The normalized spacial score (nSPS) is 20.1. The maximum Gasteiger partial charge on any atom is 0.129 e. The van der Waals surface area contributed by atoms with Crippen LogP contribution in [0.4, 0.5) is 5.82 Å². The molecular formula is C18H22N6. The van der Waals surface area contributed by atoms with Gasteiger partial charge in [0.15, 0.2) is 0 Å². The summed E-state index contributed by atoms with van der Waals surface area (Å²) in [5.74, 6) is 2.20. The molecule has 4 rings (SSSR count). The number of rotatable bonds is 4. The van der Waals surface area contributed by atoms with Gasteiger partial charge in [0.25, 0.3) is 0 Å². The van der Waals surface area contributed by atoms with Crippen LogP contribution < -0.4 is 11.1 Å². The third-order valence-electron chi connectivity index (χ3n) is 4.86. The molecule has 1 fully saturated rings. The van der Waals surface area contributed by atoms with Crippen LogP contribution in [0.1, 0.15) is 41.4 Å². The average Bonchev–Trinajstić information content (AvgIpc) is 2.92. The monoisotopic (exact) mass is 322 g/mol. The van der Waals surface area contributed by atoms with Crippen molar-refractivity contribution in [2.45, 2.75) is 45.2 Å². The molecule has 2 aromatic heterocycles. The van der Waals surface area contributed by atoms with Gasteiger partial charge >= 0.3 is 0 Å². The number of benzene rings is 1. The molecule has 1 aliphatic rings. The third kappa shape index (κ3) is 2.85. The van der Waals surface area contributed by atoms with Crippen LogP contribution in [-0.2, 0) is 6.54 Å². The van der Waals surface area contributed by atoms with Crippen LogP contribution in [0.15, 0.2) is 24.5 Å². The predicted molar refractivity (Wildman–Crippen MR) is 94.9 cm³/mol. The Labute approximate surface area is 140 Å². The predicted octanol–water partition coefficient (Wildman–Crippen LogP) is 2.79. The summed E-state index contributed by atoms with van der Waals surface area (Å²) in [7, 11) is 0. The molecule has 6 nitrogen and oxygen atoms in total. The maximum atomic E-state index is 5.87. The second-order valence-electron chi connectivity index (χ2n) is 6.75. The highest BCUT2D eigenvalue weighted by Crippen LogP contribution is 2.34. The largest absolute Gasteiger partial charge is 0.363 e. The number of imidazole rings is 1. The molecule has 0 unspecified atom stereocenters. The topological polar surface area (TPSA) is 92.5 Å². The van der Waals surface area contributed by atoms with Crippen molar-refractivity contribution >= 4 is 16.9 Å².